The summed E-state index contributed by atoms with van der Waals surface area (Å²) in [5, 5.41) is 0. The Bertz CT molecular complexity index is 604. The molecule has 0 fully saturated rings. The maximum absolute atomic E-state index is 10.4. The minimum absolute atomic E-state index is 0.465. The predicted octanol–water partition coefficient (Wildman–Crippen LogP) is 3.50. The molecule has 0 aromatic heterocycles. The third-order valence-corrected chi connectivity index (χ3v) is 3.09. The van der Waals surface area contributed by atoms with Gasteiger partial charge in [0.1, 0.15) is 0 Å². The molecule has 0 amide bonds. The van der Waals surface area contributed by atoms with E-state index >= 15 is 0 Å². The first kappa shape index (κ1) is 12.2. The van der Waals surface area contributed by atoms with Crippen LogP contribution in [0, 0.1) is 6.92 Å². The third-order valence-electron chi connectivity index (χ3n) is 3.09. The molecule has 1 aromatic rings. The Labute approximate surface area is 105 Å². The summed E-state index contributed by atoms with van der Waals surface area (Å²) in [6.45, 7) is 1.90. The fourth-order valence-electron chi connectivity index (χ4n) is 2.22. The molecule has 4 nitrogen and oxygen atoms in total. The van der Waals surface area contributed by atoms with Gasteiger partial charge in [-0.15, -0.1) is 0 Å². The molecule has 90 valence electrons. The molecule has 1 aromatic carbocycles. The first-order valence-electron chi connectivity index (χ1n) is 5.76. The first-order valence-corrected chi connectivity index (χ1v) is 5.76. The topological polar surface area (TPSA) is 58.9 Å². The minimum Gasteiger partial charge on any atom is -0.211 e. The summed E-state index contributed by atoms with van der Waals surface area (Å²) in [5.41, 5.74) is 4.10. The smallest absolute Gasteiger partial charge is 0.211 e. The quantitative estimate of drug-likeness (QED) is 0.599. The van der Waals surface area contributed by atoms with Crippen LogP contribution in [0.4, 0.5) is 11.4 Å². The van der Waals surface area contributed by atoms with Gasteiger partial charge in [0.05, 0.1) is 11.4 Å². The van der Waals surface area contributed by atoms with E-state index in [-0.39, 0.29) is 0 Å². The number of isocyanates is 2. The summed E-state index contributed by atoms with van der Waals surface area (Å²) in [4.78, 5) is 28.0. The van der Waals surface area contributed by atoms with Crippen molar-refractivity contribution >= 4 is 29.1 Å². The average molecular weight is 240 g/mol. The van der Waals surface area contributed by atoms with Crippen LogP contribution < -0.4 is 0 Å². The van der Waals surface area contributed by atoms with Crippen LogP contribution in [0.25, 0.3) is 5.57 Å². The normalized spacial score (nSPS) is 13.5. The molecule has 0 atom stereocenters. The lowest BCUT2D eigenvalue weighted by Crippen LogP contribution is -1.88. The highest BCUT2D eigenvalue weighted by Crippen LogP contribution is 2.36. The second-order valence-corrected chi connectivity index (χ2v) is 4.17. The molecule has 0 saturated heterocycles. The van der Waals surface area contributed by atoms with Crippen LogP contribution >= 0.6 is 0 Å². The molecule has 4 heteroatoms. The summed E-state index contributed by atoms with van der Waals surface area (Å²) < 4.78 is 0. The average Bonchev–Trinajstić information content (AvgIpc) is 2.87. The van der Waals surface area contributed by atoms with Crippen molar-refractivity contribution in [3.8, 4) is 0 Å². The number of aliphatic imine (C=N–C) groups is 2. The zero-order chi connectivity index (χ0) is 13.0. The van der Waals surface area contributed by atoms with E-state index in [2.05, 4.69) is 16.1 Å². The van der Waals surface area contributed by atoms with Gasteiger partial charge in [-0.25, -0.2) is 9.59 Å². The molecular formula is C14H12N2O2. The van der Waals surface area contributed by atoms with E-state index in [1.54, 1.807) is 6.07 Å². The van der Waals surface area contributed by atoms with Gasteiger partial charge in [-0.3, -0.25) is 0 Å². The van der Waals surface area contributed by atoms with Crippen LogP contribution in [0.1, 0.15) is 30.4 Å². The van der Waals surface area contributed by atoms with E-state index in [0.29, 0.717) is 11.4 Å². The number of carbonyl (C=O) groups excluding carboxylic acids is 2. The van der Waals surface area contributed by atoms with E-state index in [1.165, 1.54) is 17.7 Å². The van der Waals surface area contributed by atoms with E-state index in [9.17, 15) is 9.59 Å². The lowest BCUT2D eigenvalue weighted by Gasteiger charge is -2.10. The summed E-state index contributed by atoms with van der Waals surface area (Å²) in [6.07, 6.45) is 8.39. The molecule has 1 aliphatic rings. The fraction of sp³-hybridized carbons (Fsp3) is 0.286. The zero-order valence-corrected chi connectivity index (χ0v) is 10.1. The highest BCUT2D eigenvalue weighted by Gasteiger charge is 2.13. The monoisotopic (exact) mass is 240 g/mol. The Balaban J connectivity index is 2.62. The van der Waals surface area contributed by atoms with Gasteiger partial charge in [-0.2, -0.15) is 9.98 Å². The lowest BCUT2D eigenvalue weighted by molar-refractivity contribution is 0.565. The van der Waals surface area contributed by atoms with Gasteiger partial charge in [0, 0.05) is 0 Å². The summed E-state index contributed by atoms with van der Waals surface area (Å²) in [6, 6.07) is 3.42. The van der Waals surface area contributed by atoms with Crippen molar-refractivity contribution in [2.24, 2.45) is 9.98 Å². The van der Waals surface area contributed by atoms with Gasteiger partial charge < -0.3 is 0 Å². The largest absolute Gasteiger partial charge is 0.240 e. The van der Waals surface area contributed by atoms with Crippen LogP contribution in [-0.2, 0) is 9.59 Å². The van der Waals surface area contributed by atoms with E-state index in [4.69, 9.17) is 0 Å². The van der Waals surface area contributed by atoms with E-state index in [1.807, 2.05) is 13.0 Å². The maximum Gasteiger partial charge on any atom is 0.240 e. The van der Waals surface area contributed by atoms with Gasteiger partial charge in [-0.05, 0) is 55.0 Å². The molecule has 0 saturated carbocycles. The minimum atomic E-state index is 0.465. The van der Waals surface area contributed by atoms with Crippen LogP contribution in [0.2, 0.25) is 0 Å². The Morgan fingerprint density at radius 2 is 1.94 bits per heavy atom. The van der Waals surface area contributed by atoms with Crippen LogP contribution in [-0.4, -0.2) is 12.2 Å². The molecule has 1 aliphatic carbocycles. The Morgan fingerprint density at radius 1 is 1.17 bits per heavy atom. The predicted molar refractivity (Wildman–Crippen MR) is 68.6 cm³/mol. The number of hydrogen-bond acceptors (Lipinski definition) is 4. The zero-order valence-electron chi connectivity index (χ0n) is 10.1. The maximum atomic E-state index is 10.4. The van der Waals surface area contributed by atoms with E-state index in [0.717, 1.165) is 30.4 Å². The molecular weight excluding hydrogens is 228 g/mol. The highest BCUT2D eigenvalue weighted by molar-refractivity contribution is 5.77. The molecule has 0 unspecified atom stereocenters. The third kappa shape index (κ3) is 2.35. The number of rotatable bonds is 3. The summed E-state index contributed by atoms with van der Waals surface area (Å²) in [5.74, 6) is 0. The van der Waals surface area contributed by atoms with Crippen LogP contribution in [0.15, 0.2) is 28.2 Å². The second kappa shape index (κ2) is 5.37. The Morgan fingerprint density at radius 3 is 2.56 bits per heavy atom. The number of nitrogens with zero attached hydrogens (tertiary/aromatic N) is 2. The standard InChI is InChI=1S/C14H12N2O2/c1-10-13(11-4-2-3-5-11)6-12(15-8-17)7-14(10)16-9-18/h4,6-7H,2-3,5H2,1H3. The SMILES string of the molecule is Cc1c(N=C=O)cc(N=C=O)cc1C1=CCCC1. The van der Waals surface area contributed by atoms with Crippen LogP contribution in [0.3, 0.4) is 0 Å². The Hall–Kier alpha value is -2.28. The molecule has 0 bridgehead atoms. The molecule has 0 N–H and O–H groups in total. The van der Waals surface area contributed by atoms with Crippen molar-refractivity contribution < 1.29 is 9.59 Å². The van der Waals surface area contributed by atoms with Crippen molar-refractivity contribution in [2.45, 2.75) is 26.2 Å². The molecule has 2 rings (SSSR count). The fourth-order valence-corrected chi connectivity index (χ4v) is 2.22. The first-order chi connectivity index (χ1) is 8.76. The summed E-state index contributed by atoms with van der Waals surface area (Å²) in [7, 11) is 0. The molecule has 0 heterocycles. The summed E-state index contributed by atoms with van der Waals surface area (Å²) >= 11 is 0. The molecule has 18 heavy (non-hydrogen) atoms. The van der Waals surface area contributed by atoms with Gasteiger partial charge in [0.25, 0.3) is 0 Å². The van der Waals surface area contributed by atoms with Gasteiger partial charge in [-0.1, -0.05) is 6.08 Å². The van der Waals surface area contributed by atoms with Gasteiger partial charge >= 0.3 is 0 Å². The molecule has 0 spiro atoms. The van der Waals surface area contributed by atoms with Crippen molar-refractivity contribution in [1.82, 2.24) is 0 Å². The highest BCUT2D eigenvalue weighted by atomic mass is 16.1. The Kier molecular flexibility index (Phi) is 3.63. The van der Waals surface area contributed by atoms with Crippen molar-refractivity contribution in [3.05, 3.63) is 29.3 Å². The van der Waals surface area contributed by atoms with Crippen LogP contribution in [0.5, 0.6) is 0 Å². The molecule has 0 radical (unpaired) electrons. The number of benzene rings is 1. The number of allylic oxidation sites excluding steroid dienone is 2. The number of hydrogen-bond donors (Lipinski definition) is 0. The van der Waals surface area contributed by atoms with E-state index < -0.39 is 0 Å². The van der Waals surface area contributed by atoms with Gasteiger partial charge in [0.2, 0.25) is 12.2 Å². The van der Waals surface area contributed by atoms with Gasteiger partial charge in [0.15, 0.2) is 0 Å². The van der Waals surface area contributed by atoms with Crippen molar-refractivity contribution in [1.29, 1.82) is 0 Å². The van der Waals surface area contributed by atoms with Crippen molar-refractivity contribution in [3.63, 3.8) is 0 Å². The second-order valence-electron chi connectivity index (χ2n) is 4.17. The lowest BCUT2D eigenvalue weighted by atomic mass is 9.98. The molecule has 0 aliphatic heterocycles. The van der Waals surface area contributed by atoms with Crippen molar-refractivity contribution in [2.75, 3.05) is 0 Å².